The highest BCUT2D eigenvalue weighted by molar-refractivity contribution is 7.18. The van der Waals surface area contributed by atoms with Crippen molar-refractivity contribution < 1.29 is 33.8 Å². The molecule has 0 saturated carbocycles. The van der Waals surface area contributed by atoms with Crippen LogP contribution in [0.1, 0.15) is 48.4 Å². The minimum absolute atomic E-state index is 0.0658. The van der Waals surface area contributed by atoms with E-state index in [0.29, 0.717) is 11.1 Å². The van der Waals surface area contributed by atoms with Gasteiger partial charge >= 0.3 is 11.9 Å². The number of ether oxygens (including phenoxy) is 2. The van der Waals surface area contributed by atoms with E-state index < -0.39 is 30.4 Å². The van der Waals surface area contributed by atoms with Crippen molar-refractivity contribution in [2.24, 2.45) is 0 Å². The van der Waals surface area contributed by atoms with Crippen molar-refractivity contribution >= 4 is 40.1 Å². The maximum absolute atomic E-state index is 12.3. The fraction of sp³-hybridized carbons (Fsp3) is 0.300. The van der Waals surface area contributed by atoms with E-state index in [1.165, 1.54) is 13.1 Å². The van der Waals surface area contributed by atoms with E-state index in [9.17, 15) is 24.3 Å². The van der Waals surface area contributed by atoms with Crippen LogP contribution in [0.2, 0.25) is 0 Å². The number of thiophene rings is 1. The van der Waals surface area contributed by atoms with E-state index in [1.807, 2.05) is 0 Å². The summed E-state index contributed by atoms with van der Waals surface area (Å²) in [5.74, 6) is -2.91. The number of anilines is 1. The van der Waals surface area contributed by atoms with Crippen molar-refractivity contribution in [3.8, 4) is 5.75 Å². The molecule has 0 aliphatic heterocycles. The van der Waals surface area contributed by atoms with Gasteiger partial charge in [-0.25, -0.2) is 9.59 Å². The Hall–Kier alpha value is -3.40. The number of phenolic OH excluding ortho intramolecular Hbond substituents is 1. The van der Waals surface area contributed by atoms with Gasteiger partial charge in [-0.15, -0.1) is 11.3 Å². The van der Waals surface area contributed by atoms with E-state index in [0.717, 1.165) is 11.3 Å². The average Bonchev–Trinajstić information content (AvgIpc) is 3.03. The monoisotopic (exact) mass is 434 g/mol. The SMILES string of the molecule is CCOC(=O)c1c(NC(=O)COC(=O)c2cccc(C)c2O)sc(C(=O)NC)c1C. The molecule has 1 aromatic heterocycles. The van der Waals surface area contributed by atoms with Gasteiger partial charge in [-0.1, -0.05) is 12.1 Å². The van der Waals surface area contributed by atoms with Crippen molar-refractivity contribution in [2.45, 2.75) is 20.8 Å². The van der Waals surface area contributed by atoms with Crippen LogP contribution in [-0.2, 0) is 14.3 Å². The third-order valence-electron chi connectivity index (χ3n) is 4.10. The van der Waals surface area contributed by atoms with Crippen molar-refractivity contribution in [3.63, 3.8) is 0 Å². The number of aryl methyl sites for hydroxylation is 1. The number of phenols is 1. The molecule has 3 N–H and O–H groups in total. The van der Waals surface area contributed by atoms with E-state index in [-0.39, 0.29) is 33.4 Å². The number of carbonyl (C=O) groups is 4. The van der Waals surface area contributed by atoms with Gasteiger partial charge in [0.2, 0.25) is 0 Å². The second-order valence-corrected chi connectivity index (χ2v) is 7.18. The maximum atomic E-state index is 12.3. The third-order valence-corrected chi connectivity index (χ3v) is 5.31. The molecule has 0 fully saturated rings. The minimum Gasteiger partial charge on any atom is -0.507 e. The number of hydrogen-bond donors (Lipinski definition) is 3. The van der Waals surface area contributed by atoms with Gasteiger partial charge in [-0.3, -0.25) is 9.59 Å². The standard InChI is InChI=1S/C20H22N2O7S/c1-5-28-20(27)14-11(3)16(17(25)21-4)30-18(14)22-13(23)9-29-19(26)12-8-6-7-10(2)15(12)24/h6-8,24H,5,9H2,1-4H3,(H,21,25)(H,22,23). The summed E-state index contributed by atoms with van der Waals surface area (Å²) in [7, 11) is 1.45. The highest BCUT2D eigenvalue weighted by Crippen LogP contribution is 2.33. The smallest absolute Gasteiger partial charge is 0.342 e. The fourth-order valence-electron chi connectivity index (χ4n) is 2.58. The summed E-state index contributed by atoms with van der Waals surface area (Å²) in [6.07, 6.45) is 0. The Morgan fingerprint density at radius 2 is 1.80 bits per heavy atom. The molecule has 0 aliphatic carbocycles. The lowest BCUT2D eigenvalue weighted by Gasteiger charge is -2.09. The van der Waals surface area contributed by atoms with Gasteiger partial charge in [-0.2, -0.15) is 0 Å². The molecule has 2 aromatic rings. The maximum Gasteiger partial charge on any atom is 0.342 e. The van der Waals surface area contributed by atoms with E-state index >= 15 is 0 Å². The van der Waals surface area contributed by atoms with Gasteiger partial charge in [0, 0.05) is 7.05 Å². The average molecular weight is 434 g/mol. The highest BCUT2D eigenvalue weighted by atomic mass is 32.1. The van der Waals surface area contributed by atoms with Crippen LogP contribution >= 0.6 is 11.3 Å². The first kappa shape index (κ1) is 22.9. The van der Waals surface area contributed by atoms with Crippen LogP contribution < -0.4 is 10.6 Å². The molecule has 10 heteroatoms. The predicted molar refractivity (Wildman–Crippen MR) is 110 cm³/mol. The molecule has 9 nitrogen and oxygen atoms in total. The molecule has 0 spiro atoms. The first-order chi connectivity index (χ1) is 14.2. The molecule has 0 bridgehead atoms. The third kappa shape index (κ3) is 4.95. The van der Waals surface area contributed by atoms with Crippen LogP contribution in [0.5, 0.6) is 5.75 Å². The summed E-state index contributed by atoms with van der Waals surface area (Å²) in [6.45, 7) is 4.30. The highest BCUT2D eigenvalue weighted by Gasteiger charge is 2.26. The molecule has 0 unspecified atom stereocenters. The number of hydrogen-bond acceptors (Lipinski definition) is 8. The van der Waals surface area contributed by atoms with Gasteiger partial charge in [-0.05, 0) is 38.0 Å². The number of esters is 2. The summed E-state index contributed by atoms with van der Waals surface area (Å²) in [6, 6.07) is 4.57. The van der Waals surface area contributed by atoms with E-state index in [1.54, 1.807) is 32.9 Å². The van der Waals surface area contributed by atoms with Crippen LogP contribution in [0.3, 0.4) is 0 Å². The summed E-state index contributed by atoms with van der Waals surface area (Å²) in [5, 5.41) is 15.0. The number of para-hydroxylation sites is 1. The Morgan fingerprint density at radius 3 is 2.43 bits per heavy atom. The van der Waals surface area contributed by atoms with E-state index in [2.05, 4.69) is 10.6 Å². The van der Waals surface area contributed by atoms with Crippen LogP contribution in [0.25, 0.3) is 0 Å². The zero-order valence-corrected chi connectivity index (χ0v) is 17.8. The first-order valence-corrected chi connectivity index (χ1v) is 9.81. The summed E-state index contributed by atoms with van der Waals surface area (Å²) in [4.78, 5) is 49.0. The fourth-order valence-corrected chi connectivity index (χ4v) is 3.73. The number of amides is 2. The number of nitrogens with one attached hydrogen (secondary N) is 2. The molecule has 2 rings (SSSR count). The lowest BCUT2D eigenvalue weighted by Crippen LogP contribution is -2.22. The number of benzene rings is 1. The van der Waals surface area contributed by atoms with Crippen LogP contribution in [0, 0.1) is 13.8 Å². The summed E-state index contributed by atoms with van der Waals surface area (Å²) < 4.78 is 9.96. The Labute approximate surface area is 177 Å². The Balaban J connectivity index is 2.17. The van der Waals surface area contributed by atoms with Gasteiger partial charge < -0.3 is 25.2 Å². The normalized spacial score (nSPS) is 10.3. The lowest BCUT2D eigenvalue weighted by molar-refractivity contribution is -0.119. The quantitative estimate of drug-likeness (QED) is 0.570. The van der Waals surface area contributed by atoms with Crippen molar-refractivity contribution in [2.75, 3.05) is 25.6 Å². The first-order valence-electron chi connectivity index (χ1n) is 8.99. The van der Waals surface area contributed by atoms with Gasteiger partial charge in [0.05, 0.1) is 17.0 Å². The predicted octanol–water partition coefficient (Wildman–Crippen LogP) is 2.40. The second kappa shape index (κ2) is 9.88. The molecular formula is C20H22N2O7S. The second-order valence-electron chi connectivity index (χ2n) is 6.16. The molecule has 160 valence electrons. The van der Waals surface area contributed by atoms with Crippen LogP contribution in [-0.4, -0.2) is 49.1 Å². The number of aromatic hydroxyl groups is 1. The van der Waals surface area contributed by atoms with Crippen molar-refractivity contribution in [3.05, 3.63) is 45.3 Å². The number of rotatable bonds is 7. The van der Waals surface area contributed by atoms with Gasteiger partial charge in [0.1, 0.15) is 16.3 Å². The largest absolute Gasteiger partial charge is 0.507 e. The molecule has 0 aliphatic rings. The Kier molecular flexibility index (Phi) is 7.54. The summed E-state index contributed by atoms with van der Waals surface area (Å²) in [5.41, 5.74) is 0.860. The zero-order valence-electron chi connectivity index (χ0n) is 17.0. The Morgan fingerprint density at radius 1 is 1.10 bits per heavy atom. The minimum atomic E-state index is -0.870. The molecule has 1 heterocycles. The molecule has 30 heavy (non-hydrogen) atoms. The molecule has 0 radical (unpaired) electrons. The van der Waals surface area contributed by atoms with Gasteiger partial charge in [0.15, 0.2) is 6.61 Å². The molecular weight excluding hydrogens is 412 g/mol. The topological polar surface area (TPSA) is 131 Å². The molecule has 1 aromatic carbocycles. The summed E-state index contributed by atoms with van der Waals surface area (Å²) >= 11 is 0.911. The van der Waals surface area contributed by atoms with Crippen molar-refractivity contribution in [1.29, 1.82) is 0 Å². The van der Waals surface area contributed by atoms with Crippen LogP contribution in [0.4, 0.5) is 5.00 Å². The number of carbonyl (C=O) groups excluding carboxylic acids is 4. The Bertz CT molecular complexity index is 997. The van der Waals surface area contributed by atoms with Crippen molar-refractivity contribution in [1.82, 2.24) is 5.32 Å². The molecule has 2 amide bonds. The zero-order chi connectivity index (χ0) is 22.4. The van der Waals surface area contributed by atoms with Crippen LogP contribution in [0.15, 0.2) is 18.2 Å². The van der Waals surface area contributed by atoms with E-state index in [4.69, 9.17) is 9.47 Å². The van der Waals surface area contributed by atoms with Gasteiger partial charge in [0.25, 0.3) is 11.8 Å². The molecule has 0 atom stereocenters. The molecule has 0 saturated heterocycles. The lowest BCUT2D eigenvalue weighted by atomic mass is 10.1.